The van der Waals surface area contributed by atoms with E-state index in [1.54, 1.807) is 47.2 Å². The number of methoxy groups -OCH3 is 4. The Morgan fingerprint density at radius 3 is 1.76 bits per heavy atom. The van der Waals surface area contributed by atoms with E-state index in [1.165, 1.54) is 30.5 Å². The van der Waals surface area contributed by atoms with E-state index >= 15 is 0 Å². The van der Waals surface area contributed by atoms with Gasteiger partial charge in [0.05, 0.1) is 39.6 Å². The zero-order valence-electron chi connectivity index (χ0n) is 27.4. The summed E-state index contributed by atoms with van der Waals surface area (Å²) in [5.41, 5.74) is -0.933. The van der Waals surface area contributed by atoms with Gasteiger partial charge in [-0.05, 0) is 58.4 Å². The average Bonchev–Trinajstić information content (AvgIpc) is 2.99. The molecule has 0 saturated heterocycles. The summed E-state index contributed by atoms with van der Waals surface area (Å²) >= 11 is 0. The topological polar surface area (TPSA) is 120 Å². The standard InChI is InChI=1S/C34H40N2O9/c1-33(2,39)15-18-21-26(16-11-13-19(40-7)28(42-9)24(16)35(5)31(21)37)44-30-22-27(45-34(3,4)23(18)30)17-12-14-20(41-8)29(43-10)25(17)36(6)32(22)38/h11-14,18,23,30,39H,15H2,1-10H3/t18-,23+,30+/m1/s1. The van der Waals surface area contributed by atoms with Crippen LogP contribution < -0.4 is 39.5 Å². The lowest BCUT2D eigenvalue weighted by Gasteiger charge is -2.51. The van der Waals surface area contributed by atoms with Crippen LogP contribution in [0, 0.1) is 5.92 Å². The summed E-state index contributed by atoms with van der Waals surface area (Å²) in [6, 6.07) is 7.22. The first-order chi connectivity index (χ1) is 21.2. The van der Waals surface area contributed by atoms with Crippen LogP contribution in [-0.4, -0.2) is 53.9 Å². The molecular weight excluding hydrogens is 580 g/mol. The largest absolute Gasteiger partial charge is 0.493 e. The number of pyridine rings is 2. The van der Waals surface area contributed by atoms with Crippen molar-refractivity contribution in [3.05, 3.63) is 56.1 Å². The SMILES string of the molecule is COc1ccc2c3c(c(=O)n(C)c2c1OC)[C@@H](CC(C)(C)O)[C@H]1[C@@H](O3)c2c(c3ccc(OC)c(OC)c3n(C)c2=O)OC1(C)C. The molecule has 240 valence electrons. The third-order valence-electron chi connectivity index (χ3n) is 9.31. The van der Waals surface area contributed by atoms with Gasteiger partial charge in [0.25, 0.3) is 11.1 Å². The van der Waals surface area contributed by atoms with E-state index in [4.69, 9.17) is 28.4 Å². The van der Waals surface area contributed by atoms with E-state index in [0.29, 0.717) is 67.4 Å². The van der Waals surface area contributed by atoms with Crippen molar-refractivity contribution in [1.82, 2.24) is 9.13 Å². The second-order valence-corrected chi connectivity index (χ2v) is 13.0. The number of nitrogens with zero attached hydrogens (tertiary/aromatic N) is 2. The number of benzene rings is 2. The van der Waals surface area contributed by atoms with E-state index in [-0.39, 0.29) is 17.5 Å². The molecule has 0 aliphatic carbocycles. The Kier molecular flexibility index (Phi) is 7.04. The normalized spacial score (nSPS) is 20.0. The molecule has 0 unspecified atom stereocenters. The van der Waals surface area contributed by atoms with E-state index in [9.17, 15) is 14.7 Å². The first-order valence-corrected chi connectivity index (χ1v) is 14.8. The summed E-state index contributed by atoms with van der Waals surface area (Å²) in [5.74, 6) is 1.42. The lowest BCUT2D eigenvalue weighted by Crippen LogP contribution is -2.54. The van der Waals surface area contributed by atoms with Crippen molar-refractivity contribution < 1.29 is 33.5 Å². The first kappa shape index (κ1) is 30.6. The highest BCUT2D eigenvalue weighted by molar-refractivity contribution is 5.95. The smallest absolute Gasteiger partial charge is 0.261 e. The monoisotopic (exact) mass is 620 g/mol. The minimum atomic E-state index is -1.16. The minimum absolute atomic E-state index is 0.222. The maximum Gasteiger partial charge on any atom is 0.261 e. The molecule has 2 aliphatic heterocycles. The second-order valence-electron chi connectivity index (χ2n) is 13.0. The van der Waals surface area contributed by atoms with Gasteiger partial charge in [0.2, 0.25) is 0 Å². The fourth-order valence-electron chi connectivity index (χ4n) is 7.49. The number of hydrogen-bond acceptors (Lipinski definition) is 9. The third-order valence-corrected chi connectivity index (χ3v) is 9.31. The van der Waals surface area contributed by atoms with Gasteiger partial charge in [0.15, 0.2) is 23.0 Å². The summed E-state index contributed by atoms with van der Waals surface area (Å²) in [7, 11) is 9.48. The Labute approximate surface area is 260 Å². The van der Waals surface area contributed by atoms with Crippen molar-refractivity contribution in [2.45, 2.75) is 57.3 Å². The molecule has 4 heterocycles. The van der Waals surface area contributed by atoms with Crippen LogP contribution in [0.3, 0.4) is 0 Å². The lowest BCUT2D eigenvalue weighted by atomic mass is 9.65. The first-order valence-electron chi connectivity index (χ1n) is 14.8. The molecular formula is C34H40N2O9. The Morgan fingerprint density at radius 2 is 1.29 bits per heavy atom. The van der Waals surface area contributed by atoms with Crippen molar-refractivity contribution in [2.75, 3.05) is 28.4 Å². The third kappa shape index (κ3) is 4.34. The highest BCUT2D eigenvalue weighted by Crippen LogP contribution is 2.59. The molecule has 2 aliphatic rings. The van der Waals surface area contributed by atoms with Crippen LogP contribution in [0.25, 0.3) is 21.8 Å². The van der Waals surface area contributed by atoms with Gasteiger partial charge in [-0.15, -0.1) is 0 Å². The number of fused-ring (bicyclic) bond motifs is 8. The van der Waals surface area contributed by atoms with Crippen molar-refractivity contribution in [1.29, 1.82) is 0 Å². The van der Waals surface area contributed by atoms with E-state index in [1.807, 2.05) is 26.0 Å². The Balaban J connectivity index is 1.74. The number of aliphatic hydroxyl groups is 1. The van der Waals surface area contributed by atoms with Gasteiger partial charge in [-0.1, -0.05) is 0 Å². The van der Waals surface area contributed by atoms with Crippen molar-refractivity contribution in [2.24, 2.45) is 20.0 Å². The molecule has 3 atom stereocenters. The van der Waals surface area contributed by atoms with Crippen LogP contribution in [0.1, 0.15) is 57.3 Å². The molecule has 11 nitrogen and oxygen atoms in total. The van der Waals surface area contributed by atoms with Crippen molar-refractivity contribution in [3.8, 4) is 34.5 Å². The Morgan fingerprint density at radius 1 is 0.800 bits per heavy atom. The molecule has 2 aromatic carbocycles. The van der Waals surface area contributed by atoms with Crippen LogP contribution in [0.2, 0.25) is 0 Å². The molecule has 4 aromatic rings. The van der Waals surface area contributed by atoms with Crippen LogP contribution in [0.5, 0.6) is 34.5 Å². The van der Waals surface area contributed by atoms with E-state index in [2.05, 4.69) is 0 Å². The van der Waals surface area contributed by atoms with Crippen LogP contribution in [0.15, 0.2) is 33.9 Å². The molecule has 0 radical (unpaired) electrons. The summed E-state index contributed by atoms with van der Waals surface area (Å²) in [5, 5.41) is 12.5. The van der Waals surface area contributed by atoms with Gasteiger partial charge in [-0.3, -0.25) is 9.59 Å². The fraction of sp³-hybridized carbons (Fsp3) is 0.471. The van der Waals surface area contributed by atoms with Crippen LogP contribution >= 0.6 is 0 Å². The number of aryl methyl sites for hydroxylation is 2. The summed E-state index contributed by atoms with van der Waals surface area (Å²) in [6.45, 7) is 7.30. The molecule has 45 heavy (non-hydrogen) atoms. The van der Waals surface area contributed by atoms with Gasteiger partial charge in [0.1, 0.15) is 39.8 Å². The average molecular weight is 621 g/mol. The van der Waals surface area contributed by atoms with Gasteiger partial charge < -0.3 is 42.7 Å². The number of hydrogen-bond donors (Lipinski definition) is 1. The van der Waals surface area contributed by atoms with Gasteiger partial charge in [-0.25, -0.2) is 0 Å². The predicted octanol–water partition coefficient (Wildman–Crippen LogP) is 4.59. The van der Waals surface area contributed by atoms with Gasteiger partial charge in [0, 0.05) is 36.7 Å². The highest BCUT2D eigenvalue weighted by atomic mass is 16.5. The van der Waals surface area contributed by atoms with Crippen LogP contribution in [0.4, 0.5) is 0 Å². The second kappa shape index (κ2) is 10.3. The van der Waals surface area contributed by atoms with Gasteiger partial charge >= 0.3 is 0 Å². The van der Waals surface area contributed by atoms with Gasteiger partial charge in [-0.2, -0.15) is 0 Å². The Hall–Kier alpha value is -4.38. The zero-order chi connectivity index (χ0) is 32.7. The Bertz CT molecular complexity index is 1980. The molecule has 6 rings (SSSR count). The number of aromatic nitrogens is 2. The summed E-state index contributed by atoms with van der Waals surface area (Å²) in [4.78, 5) is 28.7. The van der Waals surface area contributed by atoms with E-state index < -0.39 is 29.1 Å². The number of ether oxygens (including phenoxy) is 6. The minimum Gasteiger partial charge on any atom is -0.493 e. The molecule has 11 heteroatoms. The number of rotatable bonds is 6. The molecule has 0 spiro atoms. The van der Waals surface area contributed by atoms with Crippen LogP contribution in [-0.2, 0) is 14.1 Å². The van der Waals surface area contributed by atoms with E-state index in [0.717, 1.165) is 0 Å². The van der Waals surface area contributed by atoms with Crippen molar-refractivity contribution in [3.63, 3.8) is 0 Å². The fourth-order valence-corrected chi connectivity index (χ4v) is 7.49. The lowest BCUT2D eigenvalue weighted by molar-refractivity contribution is -0.0788. The molecule has 0 fully saturated rings. The maximum atomic E-state index is 14.4. The van der Waals surface area contributed by atoms with Crippen molar-refractivity contribution >= 4 is 21.8 Å². The summed E-state index contributed by atoms with van der Waals surface area (Å²) < 4.78 is 39.2. The quantitative estimate of drug-likeness (QED) is 0.330. The molecule has 1 N–H and O–H groups in total. The zero-order valence-corrected chi connectivity index (χ0v) is 27.4. The molecule has 0 bridgehead atoms. The maximum absolute atomic E-state index is 14.4. The predicted molar refractivity (Wildman–Crippen MR) is 170 cm³/mol. The molecule has 0 saturated carbocycles. The summed E-state index contributed by atoms with van der Waals surface area (Å²) in [6.07, 6.45) is -0.595. The molecule has 0 amide bonds. The highest BCUT2D eigenvalue weighted by Gasteiger charge is 2.56. The molecule has 2 aromatic heterocycles.